The molecular weight excluding hydrogens is 366 g/mol. The molecule has 2 rings (SSSR count). The number of halogens is 2. The number of rotatable bonds is 6. The maximum absolute atomic E-state index is 11.6. The van der Waals surface area contributed by atoms with Gasteiger partial charge in [0.25, 0.3) is 0 Å². The third-order valence-corrected chi connectivity index (χ3v) is 5.27. The van der Waals surface area contributed by atoms with Crippen LogP contribution >= 0.6 is 27.5 Å². The fourth-order valence-corrected chi connectivity index (χ4v) is 3.22. The lowest BCUT2D eigenvalue weighted by Crippen LogP contribution is -2.39. The Balaban J connectivity index is 1.78. The molecule has 1 saturated heterocycles. The van der Waals surface area contributed by atoms with Crippen LogP contribution in [0.5, 0.6) is 0 Å². The zero-order chi connectivity index (χ0) is 15.9. The van der Waals surface area contributed by atoms with Crippen molar-refractivity contribution in [2.75, 3.05) is 30.4 Å². The number of hydrogen-bond acceptors (Lipinski definition) is 3. The van der Waals surface area contributed by atoms with Crippen LogP contribution in [0.2, 0.25) is 0 Å². The van der Waals surface area contributed by atoms with Crippen molar-refractivity contribution in [1.29, 1.82) is 0 Å². The van der Waals surface area contributed by atoms with Crippen molar-refractivity contribution in [3.63, 3.8) is 0 Å². The number of aromatic nitrogens is 1. The Bertz CT molecular complexity index is 504. The van der Waals surface area contributed by atoms with Crippen LogP contribution in [0.3, 0.4) is 0 Å². The Morgan fingerprint density at radius 3 is 2.86 bits per heavy atom. The summed E-state index contributed by atoms with van der Waals surface area (Å²) in [5, 5.41) is 3.03. The molecule has 122 valence electrons. The highest BCUT2D eigenvalue weighted by molar-refractivity contribution is 9.10. The van der Waals surface area contributed by atoms with Crippen LogP contribution in [0.15, 0.2) is 16.9 Å². The maximum Gasteiger partial charge on any atom is 0.220 e. The summed E-state index contributed by atoms with van der Waals surface area (Å²) in [7, 11) is 0. The van der Waals surface area contributed by atoms with Crippen molar-refractivity contribution in [2.45, 2.75) is 32.6 Å². The molecule has 0 saturated carbocycles. The lowest BCUT2D eigenvalue weighted by molar-refractivity contribution is -0.121. The number of amides is 1. The number of hydrogen-bond donors (Lipinski definition) is 1. The van der Waals surface area contributed by atoms with Gasteiger partial charge in [0.05, 0.1) is 11.9 Å². The number of nitrogens with zero attached hydrogens (tertiary/aromatic N) is 2. The van der Waals surface area contributed by atoms with Crippen molar-refractivity contribution in [1.82, 2.24) is 10.3 Å². The Morgan fingerprint density at radius 1 is 1.45 bits per heavy atom. The molecule has 0 spiro atoms. The van der Waals surface area contributed by atoms with Gasteiger partial charge in [0.2, 0.25) is 5.91 Å². The highest BCUT2D eigenvalue weighted by Crippen LogP contribution is 2.29. The first kappa shape index (κ1) is 17.5. The molecular formula is C16H23BrClN3O. The van der Waals surface area contributed by atoms with Crippen LogP contribution in [-0.4, -0.2) is 36.4 Å². The summed E-state index contributed by atoms with van der Waals surface area (Å²) in [6.07, 6.45) is 7.26. The Kier molecular flexibility index (Phi) is 6.96. The third kappa shape index (κ3) is 4.85. The molecule has 1 aliphatic rings. The summed E-state index contributed by atoms with van der Waals surface area (Å²) in [6.45, 7) is 4.93. The number of nitrogens with one attached hydrogen (secondary N) is 1. The molecule has 22 heavy (non-hydrogen) atoms. The van der Waals surface area contributed by atoms with E-state index >= 15 is 0 Å². The fourth-order valence-electron chi connectivity index (χ4n) is 2.76. The van der Waals surface area contributed by atoms with Crippen LogP contribution in [0, 0.1) is 12.8 Å². The second-order valence-electron chi connectivity index (χ2n) is 5.79. The minimum atomic E-state index is 0.120. The minimum absolute atomic E-state index is 0.120. The maximum atomic E-state index is 11.6. The summed E-state index contributed by atoms with van der Waals surface area (Å²) in [5.41, 5.74) is 2.45. The molecule has 0 aromatic carbocycles. The van der Waals surface area contributed by atoms with Crippen LogP contribution in [0.25, 0.3) is 0 Å². The van der Waals surface area contributed by atoms with Crippen LogP contribution < -0.4 is 10.2 Å². The first-order chi connectivity index (χ1) is 10.6. The predicted octanol–water partition coefficient (Wildman–Crippen LogP) is 3.50. The topological polar surface area (TPSA) is 45.2 Å². The van der Waals surface area contributed by atoms with Crippen molar-refractivity contribution < 1.29 is 4.79 Å². The van der Waals surface area contributed by atoms with E-state index in [0.29, 0.717) is 18.2 Å². The molecule has 1 aliphatic heterocycles. The lowest BCUT2D eigenvalue weighted by Gasteiger charge is -2.34. The van der Waals surface area contributed by atoms with Gasteiger partial charge < -0.3 is 10.2 Å². The monoisotopic (exact) mass is 387 g/mol. The Hall–Kier alpha value is -0.810. The van der Waals surface area contributed by atoms with Crippen molar-refractivity contribution in [2.24, 2.45) is 5.92 Å². The molecule has 1 aromatic rings. The van der Waals surface area contributed by atoms with Gasteiger partial charge in [-0.1, -0.05) is 0 Å². The van der Waals surface area contributed by atoms with E-state index in [0.717, 1.165) is 43.4 Å². The zero-order valence-corrected chi connectivity index (χ0v) is 15.3. The fraction of sp³-hybridized carbons (Fsp3) is 0.625. The normalized spacial score (nSPS) is 15.9. The second kappa shape index (κ2) is 8.73. The average Bonchev–Trinajstić information content (AvgIpc) is 2.54. The molecule has 0 atom stereocenters. The van der Waals surface area contributed by atoms with E-state index in [2.05, 4.69) is 38.1 Å². The Labute approximate surface area is 145 Å². The molecule has 4 nitrogen and oxygen atoms in total. The van der Waals surface area contributed by atoms with Gasteiger partial charge in [0.1, 0.15) is 0 Å². The first-order valence-electron chi connectivity index (χ1n) is 7.79. The van der Waals surface area contributed by atoms with E-state index in [1.54, 1.807) is 0 Å². The van der Waals surface area contributed by atoms with E-state index in [4.69, 9.17) is 11.6 Å². The number of carbonyl (C=O) groups is 1. The highest BCUT2D eigenvalue weighted by atomic mass is 79.9. The smallest absolute Gasteiger partial charge is 0.220 e. The molecule has 0 bridgehead atoms. The third-order valence-electron chi connectivity index (χ3n) is 4.21. The molecule has 2 heterocycles. The van der Waals surface area contributed by atoms with Gasteiger partial charge >= 0.3 is 0 Å². The van der Waals surface area contributed by atoms with E-state index < -0.39 is 0 Å². The molecule has 1 aromatic heterocycles. The quantitative estimate of drug-likeness (QED) is 0.759. The van der Waals surface area contributed by atoms with Gasteiger partial charge in [0, 0.05) is 42.6 Å². The van der Waals surface area contributed by atoms with E-state index in [1.165, 1.54) is 11.3 Å². The van der Waals surface area contributed by atoms with E-state index in [9.17, 15) is 4.79 Å². The number of carbonyl (C=O) groups excluding carboxylic acids is 1. The summed E-state index contributed by atoms with van der Waals surface area (Å²) < 4.78 is 1.05. The summed E-state index contributed by atoms with van der Waals surface area (Å²) in [5.74, 6) is 1.23. The summed E-state index contributed by atoms with van der Waals surface area (Å²) in [6, 6.07) is 0. The highest BCUT2D eigenvalue weighted by Gasteiger charge is 2.21. The van der Waals surface area contributed by atoms with Crippen molar-refractivity contribution in [3.8, 4) is 0 Å². The second-order valence-corrected chi connectivity index (χ2v) is 7.02. The van der Waals surface area contributed by atoms with Crippen LogP contribution in [-0.2, 0) is 4.79 Å². The van der Waals surface area contributed by atoms with Gasteiger partial charge in [-0.2, -0.15) is 0 Å². The lowest BCUT2D eigenvalue weighted by atomic mass is 9.96. The molecule has 0 aliphatic carbocycles. The number of anilines is 1. The van der Waals surface area contributed by atoms with E-state index in [1.807, 2.05) is 12.4 Å². The molecule has 0 radical (unpaired) electrons. The summed E-state index contributed by atoms with van der Waals surface area (Å²) in [4.78, 5) is 18.3. The minimum Gasteiger partial charge on any atom is -0.370 e. The van der Waals surface area contributed by atoms with Crippen LogP contribution in [0.1, 0.15) is 31.2 Å². The SMILES string of the molecule is Cc1c(Br)cncc1N1CCC(CNC(=O)CCCCl)CC1. The van der Waals surface area contributed by atoms with E-state index in [-0.39, 0.29) is 5.91 Å². The van der Waals surface area contributed by atoms with Crippen molar-refractivity contribution >= 4 is 39.1 Å². The standard InChI is InChI=1S/C16H23BrClN3O/c1-12-14(17)10-19-11-15(12)21-7-4-13(5-8-21)9-20-16(22)3-2-6-18/h10-11,13H,2-9H2,1H3,(H,20,22). The Morgan fingerprint density at radius 2 is 2.18 bits per heavy atom. The number of piperidine rings is 1. The molecule has 1 fully saturated rings. The summed E-state index contributed by atoms with van der Waals surface area (Å²) >= 11 is 9.14. The van der Waals surface area contributed by atoms with Gasteiger partial charge in [-0.05, 0) is 53.6 Å². The average molecular weight is 389 g/mol. The predicted molar refractivity (Wildman–Crippen MR) is 94.6 cm³/mol. The van der Waals surface area contributed by atoms with Gasteiger partial charge in [-0.15, -0.1) is 11.6 Å². The molecule has 6 heteroatoms. The molecule has 1 N–H and O–H groups in total. The van der Waals surface area contributed by atoms with Crippen molar-refractivity contribution in [3.05, 3.63) is 22.4 Å². The zero-order valence-electron chi connectivity index (χ0n) is 12.9. The molecule has 0 unspecified atom stereocenters. The first-order valence-corrected chi connectivity index (χ1v) is 9.12. The largest absolute Gasteiger partial charge is 0.370 e. The van der Waals surface area contributed by atoms with Gasteiger partial charge in [-0.3, -0.25) is 9.78 Å². The number of alkyl halides is 1. The number of pyridine rings is 1. The molecule has 1 amide bonds. The van der Waals surface area contributed by atoms with Gasteiger partial charge in [0.15, 0.2) is 0 Å². The van der Waals surface area contributed by atoms with Crippen LogP contribution in [0.4, 0.5) is 5.69 Å². The van der Waals surface area contributed by atoms with Gasteiger partial charge in [-0.25, -0.2) is 0 Å².